The number of phenolic OH excluding ortho intramolecular Hbond substituents is 1. The fraction of sp³-hybridized carbons (Fsp3) is 0.455. The molecule has 2 unspecified atom stereocenters. The van der Waals surface area contributed by atoms with Crippen molar-refractivity contribution in [2.75, 3.05) is 0 Å². The van der Waals surface area contributed by atoms with Gasteiger partial charge in [0.05, 0.1) is 11.6 Å². The molecule has 0 aliphatic rings. The first-order valence-electron chi connectivity index (χ1n) is 9.41. The monoisotopic (exact) mass is 349 g/mol. The summed E-state index contributed by atoms with van der Waals surface area (Å²) in [7, 11) is 5.86. The molecule has 0 aromatic heterocycles. The lowest BCUT2D eigenvalue weighted by atomic mass is 9.79. The Morgan fingerprint density at radius 2 is 1.88 bits per heavy atom. The van der Waals surface area contributed by atoms with Crippen LogP contribution >= 0.6 is 0 Å². The standard InChI is InChI=1S/C22H28BNO2/c1-5-6-7-18(22(26)14(4)13(2)3)21(24)20-17-10-9-16(23)12-15(17)8-11-19(20)25/h8-14,18,24-25H,5-7H2,1-4H3. The molecule has 26 heavy (non-hydrogen) atoms. The Balaban J connectivity index is 2.53. The molecule has 0 aliphatic heterocycles. The molecule has 0 bridgehead atoms. The van der Waals surface area contributed by atoms with Crippen LogP contribution in [0.15, 0.2) is 30.3 Å². The van der Waals surface area contributed by atoms with E-state index in [1.807, 2.05) is 32.9 Å². The van der Waals surface area contributed by atoms with Crippen molar-refractivity contribution in [3.05, 3.63) is 35.9 Å². The summed E-state index contributed by atoms with van der Waals surface area (Å²) in [5, 5.41) is 20.9. The summed E-state index contributed by atoms with van der Waals surface area (Å²) >= 11 is 0. The topological polar surface area (TPSA) is 61.2 Å². The van der Waals surface area contributed by atoms with Crippen molar-refractivity contribution in [3.8, 4) is 5.75 Å². The third kappa shape index (κ3) is 4.17. The van der Waals surface area contributed by atoms with Crippen LogP contribution in [-0.4, -0.2) is 24.4 Å². The lowest BCUT2D eigenvalue weighted by Gasteiger charge is -2.24. The van der Waals surface area contributed by atoms with Crippen LogP contribution in [0.25, 0.3) is 10.8 Å². The summed E-state index contributed by atoms with van der Waals surface area (Å²) in [5.74, 6) is -0.268. The highest BCUT2D eigenvalue weighted by atomic mass is 16.3. The van der Waals surface area contributed by atoms with Crippen molar-refractivity contribution in [1.29, 1.82) is 5.41 Å². The number of carbonyl (C=O) groups excluding carboxylic acids is 1. The van der Waals surface area contributed by atoms with Gasteiger partial charge in [0, 0.05) is 11.5 Å². The predicted octanol–water partition coefficient (Wildman–Crippen LogP) is 4.37. The van der Waals surface area contributed by atoms with Gasteiger partial charge in [0.25, 0.3) is 0 Å². The summed E-state index contributed by atoms with van der Waals surface area (Å²) in [6, 6.07) is 8.78. The van der Waals surface area contributed by atoms with Crippen molar-refractivity contribution in [3.63, 3.8) is 0 Å². The number of fused-ring (bicyclic) bond motifs is 1. The Kier molecular flexibility index (Phi) is 6.63. The molecule has 0 amide bonds. The van der Waals surface area contributed by atoms with Crippen LogP contribution in [0.2, 0.25) is 0 Å². The zero-order valence-corrected chi connectivity index (χ0v) is 16.2. The molecule has 2 N–H and O–H groups in total. The molecule has 0 saturated heterocycles. The first kappa shape index (κ1) is 20.2. The maximum atomic E-state index is 13.1. The third-order valence-corrected chi connectivity index (χ3v) is 5.28. The van der Waals surface area contributed by atoms with Gasteiger partial charge < -0.3 is 10.5 Å². The molecule has 2 radical (unpaired) electrons. The fourth-order valence-electron chi connectivity index (χ4n) is 3.28. The number of benzene rings is 2. The molecule has 3 nitrogen and oxygen atoms in total. The van der Waals surface area contributed by atoms with E-state index < -0.39 is 5.92 Å². The maximum Gasteiger partial charge on any atom is 0.144 e. The first-order chi connectivity index (χ1) is 12.3. The van der Waals surface area contributed by atoms with Gasteiger partial charge in [-0.05, 0) is 29.2 Å². The molecule has 0 heterocycles. The molecule has 0 saturated carbocycles. The molecule has 4 heteroatoms. The minimum atomic E-state index is -0.499. The molecular formula is C22H28BNO2. The summed E-state index contributed by atoms with van der Waals surface area (Å²) in [6.07, 6.45) is 2.48. The zero-order valence-electron chi connectivity index (χ0n) is 16.2. The smallest absolute Gasteiger partial charge is 0.144 e. The molecule has 0 aliphatic carbocycles. The summed E-state index contributed by atoms with van der Waals surface area (Å²) in [6.45, 7) is 8.07. The van der Waals surface area contributed by atoms with E-state index in [0.29, 0.717) is 17.4 Å². The van der Waals surface area contributed by atoms with Crippen LogP contribution in [0.1, 0.15) is 52.5 Å². The molecular weight excluding hydrogens is 321 g/mol. The van der Waals surface area contributed by atoms with Gasteiger partial charge >= 0.3 is 0 Å². The van der Waals surface area contributed by atoms with Crippen LogP contribution in [-0.2, 0) is 4.79 Å². The van der Waals surface area contributed by atoms with Gasteiger partial charge in [-0.15, -0.1) is 0 Å². The van der Waals surface area contributed by atoms with Crippen molar-refractivity contribution in [2.24, 2.45) is 17.8 Å². The Morgan fingerprint density at radius 1 is 1.19 bits per heavy atom. The van der Waals surface area contributed by atoms with Gasteiger partial charge in [-0.2, -0.15) is 0 Å². The van der Waals surface area contributed by atoms with E-state index in [1.165, 1.54) is 0 Å². The first-order valence-corrected chi connectivity index (χ1v) is 9.41. The minimum Gasteiger partial charge on any atom is -0.507 e. The van der Waals surface area contributed by atoms with E-state index in [4.69, 9.17) is 13.3 Å². The van der Waals surface area contributed by atoms with Crippen molar-refractivity contribution >= 4 is 35.6 Å². The number of hydrogen-bond acceptors (Lipinski definition) is 3. The Morgan fingerprint density at radius 3 is 2.50 bits per heavy atom. The second-order valence-electron chi connectivity index (χ2n) is 7.48. The number of hydrogen-bond donors (Lipinski definition) is 2. The second kappa shape index (κ2) is 8.53. The van der Waals surface area contributed by atoms with E-state index in [-0.39, 0.29) is 29.1 Å². The quantitative estimate of drug-likeness (QED) is 0.549. The highest BCUT2D eigenvalue weighted by molar-refractivity contribution is 6.33. The predicted molar refractivity (Wildman–Crippen MR) is 110 cm³/mol. The number of carbonyl (C=O) groups is 1. The number of phenols is 1. The van der Waals surface area contributed by atoms with E-state index in [1.54, 1.807) is 18.2 Å². The number of ketones is 1. The normalized spacial score (nSPS) is 13.7. The van der Waals surface area contributed by atoms with Crippen molar-refractivity contribution in [1.82, 2.24) is 0 Å². The largest absolute Gasteiger partial charge is 0.507 e. The Hall–Kier alpha value is -2.10. The van der Waals surface area contributed by atoms with Crippen LogP contribution in [0.3, 0.4) is 0 Å². The second-order valence-corrected chi connectivity index (χ2v) is 7.48. The number of Topliss-reactive ketones (excluding diaryl/α,β-unsaturated/α-hetero) is 1. The number of aromatic hydroxyl groups is 1. The summed E-state index contributed by atoms with van der Waals surface area (Å²) < 4.78 is 0. The maximum absolute atomic E-state index is 13.1. The highest BCUT2D eigenvalue weighted by Crippen LogP contribution is 2.32. The van der Waals surface area contributed by atoms with Crippen LogP contribution in [0, 0.1) is 23.2 Å². The van der Waals surface area contributed by atoms with Gasteiger partial charge in [-0.25, -0.2) is 0 Å². The lowest BCUT2D eigenvalue weighted by molar-refractivity contribution is -0.125. The van der Waals surface area contributed by atoms with Crippen LogP contribution in [0.5, 0.6) is 5.75 Å². The van der Waals surface area contributed by atoms with Gasteiger partial charge in [0.15, 0.2) is 0 Å². The van der Waals surface area contributed by atoms with Crippen LogP contribution < -0.4 is 5.46 Å². The van der Waals surface area contributed by atoms with Crippen molar-refractivity contribution in [2.45, 2.75) is 47.0 Å². The zero-order chi connectivity index (χ0) is 19.4. The highest BCUT2D eigenvalue weighted by Gasteiger charge is 2.31. The lowest BCUT2D eigenvalue weighted by Crippen LogP contribution is -2.31. The van der Waals surface area contributed by atoms with Gasteiger partial charge in [-0.3, -0.25) is 4.79 Å². The molecule has 2 aromatic rings. The Labute approximate surface area is 157 Å². The van der Waals surface area contributed by atoms with Crippen LogP contribution in [0.4, 0.5) is 0 Å². The van der Waals surface area contributed by atoms with Gasteiger partial charge in [0.2, 0.25) is 0 Å². The molecule has 136 valence electrons. The molecule has 0 fully saturated rings. The summed E-state index contributed by atoms with van der Waals surface area (Å²) in [4.78, 5) is 13.1. The van der Waals surface area contributed by atoms with E-state index in [2.05, 4.69) is 6.92 Å². The Bertz CT molecular complexity index is 813. The molecule has 0 spiro atoms. The number of unbranched alkanes of at least 4 members (excludes halogenated alkanes) is 1. The van der Waals surface area contributed by atoms with Crippen molar-refractivity contribution < 1.29 is 9.90 Å². The third-order valence-electron chi connectivity index (χ3n) is 5.28. The fourth-order valence-corrected chi connectivity index (χ4v) is 3.28. The molecule has 2 atom stereocenters. The van der Waals surface area contributed by atoms with E-state index >= 15 is 0 Å². The van der Waals surface area contributed by atoms with E-state index in [0.717, 1.165) is 23.6 Å². The number of nitrogens with one attached hydrogen (secondary N) is 1. The van der Waals surface area contributed by atoms with E-state index in [9.17, 15) is 9.90 Å². The van der Waals surface area contributed by atoms with Gasteiger partial charge in [-0.1, -0.05) is 70.3 Å². The average molecular weight is 349 g/mol. The molecule has 2 rings (SSSR count). The summed E-state index contributed by atoms with van der Waals surface area (Å²) in [5.41, 5.74) is 1.30. The average Bonchev–Trinajstić information content (AvgIpc) is 2.60. The number of rotatable bonds is 8. The minimum absolute atomic E-state index is 0.0405. The SMILES string of the molecule is [B]c1ccc2c(C(=N)C(CCCC)C(=O)C(C)C(C)C)c(O)ccc2c1. The van der Waals surface area contributed by atoms with Gasteiger partial charge in [0.1, 0.15) is 19.4 Å². The molecule has 2 aromatic carbocycles.